The van der Waals surface area contributed by atoms with Gasteiger partial charge in [0.25, 0.3) is 11.8 Å². The fraction of sp³-hybridized carbons (Fsp3) is 0.368. The standard InChI is InChI=1S/C19H23N3O2S/c1-4-22-8-7-14-15(10-22)25-19(16(14)17(20)23)21-18(24)13-6-5-11(2)12(3)9-13/h5-6,9H,4,7-8,10H2,1-3H3,(H2,20,23)(H,21,24). The number of nitrogens with two attached hydrogens (primary N) is 1. The van der Waals surface area contributed by atoms with Crippen LogP contribution >= 0.6 is 11.3 Å². The molecule has 0 radical (unpaired) electrons. The summed E-state index contributed by atoms with van der Waals surface area (Å²) in [5, 5.41) is 3.47. The zero-order valence-corrected chi connectivity index (χ0v) is 15.6. The Labute approximate surface area is 151 Å². The largest absolute Gasteiger partial charge is 0.365 e. The van der Waals surface area contributed by atoms with E-state index in [1.54, 1.807) is 6.07 Å². The number of primary amides is 1. The summed E-state index contributed by atoms with van der Waals surface area (Å²) in [6, 6.07) is 5.59. The molecular weight excluding hydrogens is 334 g/mol. The summed E-state index contributed by atoms with van der Waals surface area (Å²) < 4.78 is 0. The third kappa shape index (κ3) is 3.45. The monoisotopic (exact) mass is 357 g/mol. The lowest BCUT2D eigenvalue weighted by Crippen LogP contribution is -2.30. The van der Waals surface area contributed by atoms with Gasteiger partial charge in [0.05, 0.1) is 5.56 Å². The van der Waals surface area contributed by atoms with Gasteiger partial charge in [-0.15, -0.1) is 11.3 Å². The summed E-state index contributed by atoms with van der Waals surface area (Å²) in [6.07, 6.45) is 0.789. The van der Waals surface area contributed by atoms with Crippen LogP contribution in [-0.4, -0.2) is 29.8 Å². The van der Waals surface area contributed by atoms with Crippen molar-refractivity contribution in [2.45, 2.75) is 33.7 Å². The van der Waals surface area contributed by atoms with E-state index < -0.39 is 5.91 Å². The number of aryl methyl sites for hydroxylation is 2. The van der Waals surface area contributed by atoms with Crippen LogP contribution in [0.1, 0.15) is 49.2 Å². The summed E-state index contributed by atoms with van der Waals surface area (Å²) in [7, 11) is 0. The van der Waals surface area contributed by atoms with Crippen LogP contribution in [0, 0.1) is 13.8 Å². The molecule has 0 unspecified atom stereocenters. The number of nitrogens with zero attached hydrogens (tertiary/aromatic N) is 1. The minimum absolute atomic E-state index is 0.212. The number of thiophene rings is 1. The first-order chi connectivity index (χ1) is 11.9. The summed E-state index contributed by atoms with van der Waals surface area (Å²) in [5.41, 5.74) is 9.87. The zero-order chi connectivity index (χ0) is 18.1. The normalized spacial score (nSPS) is 14.2. The number of amides is 2. The number of fused-ring (bicyclic) bond motifs is 1. The molecule has 2 amide bonds. The van der Waals surface area contributed by atoms with Gasteiger partial charge in [-0.1, -0.05) is 13.0 Å². The smallest absolute Gasteiger partial charge is 0.256 e. The van der Waals surface area contributed by atoms with E-state index in [0.717, 1.165) is 47.6 Å². The molecule has 0 spiro atoms. The predicted molar refractivity (Wildman–Crippen MR) is 101 cm³/mol. The van der Waals surface area contributed by atoms with Crippen molar-refractivity contribution in [3.8, 4) is 0 Å². The number of carbonyl (C=O) groups excluding carboxylic acids is 2. The fourth-order valence-corrected chi connectivity index (χ4v) is 4.42. The number of hydrogen-bond acceptors (Lipinski definition) is 4. The molecule has 0 aliphatic carbocycles. The topological polar surface area (TPSA) is 75.4 Å². The molecule has 3 N–H and O–H groups in total. The molecular formula is C19H23N3O2S. The fourth-order valence-electron chi connectivity index (χ4n) is 3.13. The second-order valence-electron chi connectivity index (χ2n) is 6.44. The molecule has 1 aliphatic heterocycles. The van der Waals surface area contributed by atoms with Gasteiger partial charge in [0.2, 0.25) is 0 Å². The highest BCUT2D eigenvalue weighted by atomic mass is 32.1. The maximum absolute atomic E-state index is 12.6. The van der Waals surface area contributed by atoms with Crippen molar-refractivity contribution < 1.29 is 9.59 Å². The van der Waals surface area contributed by atoms with E-state index in [1.807, 2.05) is 26.0 Å². The van der Waals surface area contributed by atoms with Gasteiger partial charge in [0.1, 0.15) is 5.00 Å². The highest BCUT2D eigenvalue weighted by Gasteiger charge is 2.27. The first-order valence-corrected chi connectivity index (χ1v) is 9.27. The summed E-state index contributed by atoms with van der Waals surface area (Å²) in [6.45, 7) is 8.78. The third-order valence-corrected chi connectivity index (χ3v) is 5.96. The lowest BCUT2D eigenvalue weighted by atomic mass is 10.0. The lowest BCUT2D eigenvalue weighted by molar-refractivity contribution is 0.1000. The molecule has 0 saturated heterocycles. The van der Waals surface area contributed by atoms with E-state index in [2.05, 4.69) is 17.1 Å². The molecule has 2 heterocycles. The van der Waals surface area contributed by atoms with Gasteiger partial charge in [0, 0.05) is 23.5 Å². The van der Waals surface area contributed by atoms with E-state index in [9.17, 15) is 9.59 Å². The maximum atomic E-state index is 12.6. The van der Waals surface area contributed by atoms with Gasteiger partial charge in [0.15, 0.2) is 0 Å². The molecule has 132 valence electrons. The van der Waals surface area contributed by atoms with Gasteiger partial charge in [-0.05, 0) is 55.6 Å². The number of anilines is 1. The Balaban J connectivity index is 1.91. The highest BCUT2D eigenvalue weighted by molar-refractivity contribution is 7.17. The summed E-state index contributed by atoms with van der Waals surface area (Å²) in [4.78, 5) is 28.0. The van der Waals surface area contributed by atoms with Crippen molar-refractivity contribution in [1.29, 1.82) is 0 Å². The molecule has 0 fully saturated rings. The van der Waals surface area contributed by atoms with Crippen LogP contribution in [0.15, 0.2) is 18.2 Å². The van der Waals surface area contributed by atoms with Gasteiger partial charge < -0.3 is 11.1 Å². The molecule has 1 aromatic carbocycles. The van der Waals surface area contributed by atoms with Crippen molar-refractivity contribution in [2.75, 3.05) is 18.4 Å². The Hall–Kier alpha value is -2.18. The van der Waals surface area contributed by atoms with Crippen LogP contribution in [0.2, 0.25) is 0 Å². The number of likely N-dealkylation sites (N-methyl/N-ethyl adjacent to an activating group) is 1. The van der Waals surface area contributed by atoms with Crippen LogP contribution < -0.4 is 11.1 Å². The number of carbonyl (C=O) groups is 2. The first-order valence-electron chi connectivity index (χ1n) is 8.46. The molecule has 6 heteroatoms. The Bertz CT molecular complexity index is 841. The van der Waals surface area contributed by atoms with Gasteiger partial charge >= 0.3 is 0 Å². The number of hydrogen-bond donors (Lipinski definition) is 2. The van der Waals surface area contributed by atoms with Crippen LogP contribution in [0.4, 0.5) is 5.00 Å². The SMILES string of the molecule is CCN1CCc2c(sc(NC(=O)c3ccc(C)c(C)c3)c2C(N)=O)C1. The minimum Gasteiger partial charge on any atom is -0.365 e. The van der Waals surface area contributed by atoms with E-state index in [-0.39, 0.29) is 5.91 Å². The first kappa shape index (κ1) is 17.6. The van der Waals surface area contributed by atoms with Crippen molar-refractivity contribution in [3.05, 3.63) is 50.9 Å². The second kappa shape index (κ2) is 6.98. The van der Waals surface area contributed by atoms with Crippen LogP contribution in [-0.2, 0) is 13.0 Å². The van der Waals surface area contributed by atoms with Crippen LogP contribution in [0.5, 0.6) is 0 Å². The highest BCUT2D eigenvalue weighted by Crippen LogP contribution is 2.37. The van der Waals surface area contributed by atoms with E-state index >= 15 is 0 Å². The Morgan fingerprint density at radius 2 is 2.04 bits per heavy atom. The molecule has 2 aromatic rings. The van der Waals surface area contributed by atoms with Crippen LogP contribution in [0.3, 0.4) is 0 Å². The quantitative estimate of drug-likeness (QED) is 0.883. The van der Waals surface area contributed by atoms with Crippen LogP contribution in [0.25, 0.3) is 0 Å². The minimum atomic E-state index is -0.474. The zero-order valence-electron chi connectivity index (χ0n) is 14.8. The second-order valence-corrected chi connectivity index (χ2v) is 7.55. The van der Waals surface area contributed by atoms with Gasteiger partial charge in [-0.3, -0.25) is 14.5 Å². The average molecular weight is 357 g/mol. The number of rotatable bonds is 4. The Kier molecular flexibility index (Phi) is 4.92. The third-order valence-electron chi connectivity index (χ3n) is 4.83. The molecule has 25 heavy (non-hydrogen) atoms. The molecule has 1 aliphatic rings. The number of benzene rings is 1. The average Bonchev–Trinajstić information content (AvgIpc) is 2.94. The molecule has 3 rings (SSSR count). The summed E-state index contributed by atoms with van der Waals surface area (Å²) in [5.74, 6) is -0.686. The molecule has 5 nitrogen and oxygen atoms in total. The van der Waals surface area contributed by atoms with Gasteiger partial charge in [-0.25, -0.2) is 0 Å². The molecule has 1 aromatic heterocycles. The Morgan fingerprint density at radius 3 is 2.68 bits per heavy atom. The van der Waals surface area contributed by atoms with Crippen molar-refractivity contribution >= 4 is 28.2 Å². The summed E-state index contributed by atoms with van der Waals surface area (Å²) >= 11 is 1.47. The van der Waals surface area contributed by atoms with Gasteiger partial charge in [-0.2, -0.15) is 0 Å². The predicted octanol–water partition coefficient (Wildman–Crippen LogP) is 3.09. The molecule has 0 saturated carbocycles. The van der Waals surface area contributed by atoms with E-state index in [1.165, 1.54) is 11.3 Å². The van der Waals surface area contributed by atoms with Crippen molar-refractivity contribution in [1.82, 2.24) is 4.90 Å². The maximum Gasteiger partial charge on any atom is 0.256 e. The van der Waals surface area contributed by atoms with E-state index in [4.69, 9.17) is 5.73 Å². The molecule has 0 bridgehead atoms. The number of nitrogens with one attached hydrogen (secondary N) is 1. The Morgan fingerprint density at radius 1 is 1.28 bits per heavy atom. The lowest BCUT2D eigenvalue weighted by Gasteiger charge is -2.25. The van der Waals surface area contributed by atoms with Crippen molar-refractivity contribution in [3.63, 3.8) is 0 Å². The van der Waals surface area contributed by atoms with E-state index in [0.29, 0.717) is 16.1 Å². The molecule has 0 atom stereocenters. The van der Waals surface area contributed by atoms with Crippen molar-refractivity contribution in [2.24, 2.45) is 5.73 Å².